The van der Waals surface area contributed by atoms with Gasteiger partial charge in [0.2, 0.25) is 11.8 Å². The quantitative estimate of drug-likeness (QED) is 0.811. The summed E-state index contributed by atoms with van der Waals surface area (Å²) < 4.78 is 0. The number of nitrogens with one attached hydrogen (secondary N) is 2. The van der Waals surface area contributed by atoms with Crippen LogP contribution in [0.2, 0.25) is 0 Å². The first-order chi connectivity index (χ1) is 12.4. The normalized spacial score (nSPS) is 17.6. The van der Waals surface area contributed by atoms with Crippen LogP contribution in [0.15, 0.2) is 24.8 Å². The van der Waals surface area contributed by atoms with Gasteiger partial charge in [0.05, 0.1) is 11.4 Å². The van der Waals surface area contributed by atoms with Gasteiger partial charge in [0.25, 0.3) is 0 Å². The Hall–Kier alpha value is -2.56. The maximum atomic E-state index is 12.6. The van der Waals surface area contributed by atoms with Crippen molar-refractivity contribution in [3.05, 3.63) is 47.2 Å². The Morgan fingerprint density at radius 3 is 2.88 bits per heavy atom. The zero-order valence-corrected chi connectivity index (χ0v) is 15.8. The largest absolute Gasteiger partial charge is 0.358 e. The number of rotatable bonds is 5. The molecule has 0 bridgehead atoms. The van der Waals surface area contributed by atoms with E-state index in [4.69, 9.17) is 0 Å². The number of hydrogen-bond donors (Lipinski definition) is 2. The van der Waals surface area contributed by atoms with Gasteiger partial charge in [0.1, 0.15) is 0 Å². The van der Waals surface area contributed by atoms with E-state index in [0.717, 1.165) is 16.8 Å². The Labute approximate surface area is 154 Å². The van der Waals surface area contributed by atoms with Crippen molar-refractivity contribution in [2.75, 3.05) is 13.1 Å². The predicted molar refractivity (Wildman–Crippen MR) is 104 cm³/mol. The maximum absolute atomic E-state index is 12.6. The number of aromatic nitrogens is 1. The van der Waals surface area contributed by atoms with Crippen LogP contribution in [0.1, 0.15) is 35.2 Å². The van der Waals surface area contributed by atoms with E-state index in [1.165, 1.54) is 16.5 Å². The first-order valence-electron chi connectivity index (χ1n) is 9.15. The lowest BCUT2D eigenvalue weighted by atomic mass is 9.96. The first-order valence-corrected chi connectivity index (χ1v) is 9.15. The molecule has 1 aliphatic rings. The molecule has 1 fully saturated rings. The highest BCUT2D eigenvalue weighted by Gasteiger charge is 2.29. The van der Waals surface area contributed by atoms with Crippen molar-refractivity contribution in [3.8, 4) is 0 Å². The summed E-state index contributed by atoms with van der Waals surface area (Å²) >= 11 is 0. The fourth-order valence-electron chi connectivity index (χ4n) is 3.72. The Bertz CT molecular complexity index is 866. The zero-order chi connectivity index (χ0) is 18.8. The van der Waals surface area contributed by atoms with Gasteiger partial charge in [-0.05, 0) is 44.4 Å². The van der Waals surface area contributed by atoms with Crippen LogP contribution in [0.25, 0.3) is 10.9 Å². The van der Waals surface area contributed by atoms with Crippen molar-refractivity contribution < 1.29 is 9.59 Å². The summed E-state index contributed by atoms with van der Waals surface area (Å²) in [7, 11) is 0. The Balaban J connectivity index is 1.72. The van der Waals surface area contributed by atoms with E-state index in [2.05, 4.69) is 49.8 Å². The Kier molecular flexibility index (Phi) is 5.16. The number of aromatic amines is 1. The average Bonchev–Trinajstić information content (AvgIpc) is 2.89. The van der Waals surface area contributed by atoms with E-state index in [0.29, 0.717) is 32.5 Å². The van der Waals surface area contributed by atoms with E-state index in [-0.39, 0.29) is 17.7 Å². The minimum Gasteiger partial charge on any atom is -0.358 e. The van der Waals surface area contributed by atoms with Gasteiger partial charge in [0, 0.05) is 37.1 Å². The second-order valence-electron chi connectivity index (χ2n) is 7.26. The average molecular weight is 353 g/mol. The molecular formula is C21H27N3O2. The molecule has 1 aromatic heterocycles. The van der Waals surface area contributed by atoms with Gasteiger partial charge in [-0.2, -0.15) is 0 Å². The molecular weight excluding hydrogens is 326 g/mol. The summed E-state index contributed by atoms with van der Waals surface area (Å²) in [6, 6.07) is 4.30. The lowest BCUT2D eigenvalue weighted by Gasteiger charge is -2.31. The van der Waals surface area contributed by atoms with Gasteiger partial charge < -0.3 is 15.2 Å². The van der Waals surface area contributed by atoms with Gasteiger partial charge in [-0.3, -0.25) is 9.59 Å². The monoisotopic (exact) mass is 353 g/mol. The maximum Gasteiger partial charge on any atom is 0.225 e. The van der Waals surface area contributed by atoms with Crippen LogP contribution in [-0.2, 0) is 16.1 Å². The smallest absolute Gasteiger partial charge is 0.225 e. The molecule has 5 heteroatoms. The summed E-state index contributed by atoms with van der Waals surface area (Å²) in [5, 5.41) is 4.29. The van der Waals surface area contributed by atoms with Crippen LogP contribution in [0.5, 0.6) is 0 Å². The summed E-state index contributed by atoms with van der Waals surface area (Å²) in [6.07, 6.45) is 2.75. The molecule has 2 amide bonds. The molecule has 0 saturated carbocycles. The molecule has 1 aliphatic heterocycles. The van der Waals surface area contributed by atoms with Crippen LogP contribution < -0.4 is 5.32 Å². The molecule has 0 spiro atoms. The number of piperidine rings is 1. The van der Waals surface area contributed by atoms with Crippen molar-refractivity contribution in [1.82, 2.24) is 15.2 Å². The summed E-state index contributed by atoms with van der Waals surface area (Å²) in [5.74, 6) is -0.0343. The fourth-order valence-corrected chi connectivity index (χ4v) is 3.72. The molecule has 26 heavy (non-hydrogen) atoms. The highest BCUT2D eigenvalue weighted by molar-refractivity contribution is 5.88. The number of amides is 2. The molecule has 2 N–H and O–H groups in total. The number of H-pyrrole nitrogens is 1. The third-order valence-corrected chi connectivity index (χ3v) is 5.32. The number of carbonyl (C=O) groups is 2. The number of benzene rings is 1. The fraction of sp³-hybridized carbons (Fsp3) is 0.429. The Morgan fingerprint density at radius 2 is 2.15 bits per heavy atom. The van der Waals surface area contributed by atoms with Gasteiger partial charge in [-0.25, -0.2) is 0 Å². The number of carbonyl (C=O) groups excluding carboxylic acids is 2. The molecule has 0 aliphatic carbocycles. The highest BCUT2D eigenvalue weighted by atomic mass is 16.2. The first kappa shape index (κ1) is 18.2. The molecule has 0 unspecified atom stereocenters. The predicted octanol–water partition coefficient (Wildman–Crippen LogP) is 3.13. The summed E-state index contributed by atoms with van der Waals surface area (Å²) in [5.41, 5.74) is 5.79. The van der Waals surface area contributed by atoms with E-state index in [1.54, 1.807) is 11.0 Å². The van der Waals surface area contributed by atoms with Crippen molar-refractivity contribution >= 4 is 22.7 Å². The van der Waals surface area contributed by atoms with Gasteiger partial charge in [-0.15, -0.1) is 6.58 Å². The Morgan fingerprint density at radius 1 is 1.38 bits per heavy atom. The third kappa shape index (κ3) is 3.52. The minimum absolute atomic E-state index is 0.0150. The summed E-state index contributed by atoms with van der Waals surface area (Å²) in [4.78, 5) is 29.7. The van der Waals surface area contributed by atoms with Crippen LogP contribution in [0, 0.1) is 26.7 Å². The van der Waals surface area contributed by atoms with E-state index in [9.17, 15) is 9.59 Å². The topological polar surface area (TPSA) is 65.2 Å². The second kappa shape index (κ2) is 7.36. The van der Waals surface area contributed by atoms with Crippen molar-refractivity contribution in [2.24, 2.45) is 5.92 Å². The number of fused-ring (bicyclic) bond motifs is 1. The van der Waals surface area contributed by atoms with Gasteiger partial charge >= 0.3 is 0 Å². The molecule has 3 rings (SSSR count). The van der Waals surface area contributed by atoms with Crippen molar-refractivity contribution in [1.29, 1.82) is 0 Å². The van der Waals surface area contributed by atoms with E-state index < -0.39 is 0 Å². The lowest BCUT2D eigenvalue weighted by Crippen LogP contribution is -2.45. The number of likely N-dealkylation sites (tertiary alicyclic amines) is 1. The molecule has 1 saturated heterocycles. The van der Waals surface area contributed by atoms with E-state index in [1.807, 2.05) is 0 Å². The lowest BCUT2D eigenvalue weighted by molar-refractivity contribution is -0.137. The standard InChI is InChI=1S/C21H27N3O2/c1-5-8-24-12-16(6-7-19(24)25)21(26)22-11-17-9-13(2)10-18-14(3)15(4)23-20(17)18/h5,9-10,16,23H,1,6-8,11-12H2,2-4H3,(H,22,26)/t16-/m1/s1. The number of nitrogens with zero attached hydrogens (tertiary/aromatic N) is 1. The highest BCUT2D eigenvalue weighted by Crippen LogP contribution is 2.26. The zero-order valence-electron chi connectivity index (χ0n) is 15.8. The molecule has 2 aromatic rings. The molecule has 138 valence electrons. The number of hydrogen-bond acceptors (Lipinski definition) is 2. The molecule has 5 nitrogen and oxygen atoms in total. The second-order valence-corrected chi connectivity index (χ2v) is 7.26. The molecule has 2 heterocycles. The third-order valence-electron chi connectivity index (χ3n) is 5.32. The summed E-state index contributed by atoms with van der Waals surface area (Å²) in [6.45, 7) is 11.4. The van der Waals surface area contributed by atoms with Crippen LogP contribution in [-0.4, -0.2) is 34.8 Å². The van der Waals surface area contributed by atoms with E-state index >= 15 is 0 Å². The van der Waals surface area contributed by atoms with Crippen LogP contribution in [0.4, 0.5) is 0 Å². The SMILES string of the molecule is C=CCN1C[C@H](C(=O)NCc2cc(C)cc3c(C)c(C)[nH]c23)CCC1=O. The minimum atomic E-state index is -0.153. The molecule has 1 aromatic carbocycles. The van der Waals surface area contributed by atoms with Gasteiger partial charge in [-0.1, -0.05) is 17.7 Å². The van der Waals surface area contributed by atoms with Crippen LogP contribution in [0.3, 0.4) is 0 Å². The number of aryl methyl sites for hydroxylation is 3. The van der Waals surface area contributed by atoms with Gasteiger partial charge in [0.15, 0.2) is 0 Å². The molecule has 1 atom stereocenters. The van der Waals surface area contributed by atoms with Crippen LogP contribution >= 0.6 is 0 Å². The van der Waals surface area contributed by atoms with Crippen molar-refractivity contribution in [2.45, 2.75) is 40.2 Å². The van der Waals surface area contributed by atoms with Crippen molar-refractivity contribution in [3.63, 3.8) is 0 Å². The molecule has 0 radical (unpaired) electrons.